The number of benzene rings is 1. The molecule has 1 saturated carbocycles. The number of rotatable bonds is 3. The summed E-state index contributed by atoms with van der Waals surface area (Å²) in [4.78, 5) is 0. The van der Waals surface area contributed by atoms with Crippen molar-refractivity contribution in [1.82, 2.24) is 20.6 Å². The van der Waals surface area contributed by atoms with E-state index >= 15 is 0 Å². The van der Waals surface area contributed by atoms with E-state index in [1.54, 1.807) is 0 Å². The van der Waals surface area contributed by atoms with Gasteiger partial charge in [-0.25, -0.2) is 0 Å². The summed E-state index contributed by atoms with van der Waals surface area (Å²) in [6.07, 6.45) is 7.19. The number of hydrogen-bond acceptors (Lipinski definition) is 4. The van der Waals surface area contributed by atoms with Crippen molar-refractivity contribution in [2.45, 2.75) is 18.9 Å². The minimum atomic E-state index is 0.573. The smallest absolute Gasteiger partial charge is 0.204 e. The van der Waals surface area contributed by atoms with Gasteiger partial charge in [0, 0.05) is 23.2 Å². The molecule has 2 aliphatic rings. The number of aromatic nitrogens is 4. The van der Waals surface area contributed by atoms with Gasteiger partial charge in [0.1, 0.15) is 0 Å². The number of nitrogens with one attached hydrogen (secondary N) is 2. The van der Waals surface area contributed by atoms with Crippen LogP contribution < -0.4 is 5.32 Å². The van der Waals surface area contributed by atoms with E-state index in [1.807, 2.05) is 12.1 Å². The summed E-state index contributed by atoms with van der Waals surface area (Å²) >= 11 is 0. The van der Waals surface area contributed by atoms with E-state index in [2.05, 4.69) is 50.2 Å². The van der Waals surface area contributed by atoms with Crippen molar-refractivity contribution in [2.75, 3.05) is 5.32 Å². The van der Waals surface area contributed by atoms with E-state index in [1.165, 1.54) is 12.8 Å². The maximum absolute atomic E-state index is 4.01. The first-order chi connectivity index (χ1) is 9.40. The van der Waals surface area contributed by atoms with Crippen molar-refractivity contribution < 1.29 is 0 Å². The molecular weight excluding hydrogens is 238 g/mol. The Hall–Kier alpha value is -2.17. The Balaban J connectivity index is 1.53. The van der Waals surface area contributed by atoms with E-state index in [0.29, 0.717) is 17.8 Å². The van der Waals surface area contributed by atoms with Crippen LogP contribution in [0, 0.1) is 11.8 Å². The Morgan fingerprint density at radius 2 is 2.32 bits per heavy atom. The summed E-state index contributed by atoms with van der Waals surface area (Å²) in [5, 5.41) is 17.7. The first-order valence-corrected chi connectivity index (χ1v) is 6.67. The molecule has 2 aromatic rings. The quantitative estimate of drug-likeness (QED) is 0.823. The highest BCUT2D eigenvalue weighted by molar-refractivity contribution is 5.62. The Morgan fingerprint density at radius 3 is 3.16 bits per heavy atom. The van der Waals surface area contributed by atoms with E-state index in [-0.39, 0.29) is 0 Å². The van der Waals surface area contributed by atoms with Crippen LogP contribution in [0.25, 0.3) is 11.4 Å². The maximum Gasteiger partial charge on any atom is 0.204 e. The number of tetrazole rings is 1. The molecule has 5 heteroatoms. The molecule has 19 heavy (non-hydrogen) atoms. The molecule has 0 bridgehead atoms. The van der Waals surface area contributed by atoms with E-state index in [9.17, 15) is 0 Å². The molecular formula is C14H15N5. The van der Waals surface area contributed by atoms with Crippen molar-refractivity contribution >= 4 is 5.69 Å². The average molecular weight is 253 g/mol. The topological polar surface area (TPSA) is 66.5 Å². The van der Waals surface area contributed by atoms with Crippen molar-refractivity contribution in [1.29, 1.82) is 0 Å². The number of aromatic amines is 1. The zero-order valence-electron chi connectivity index (χ0n) is 10.5. The van der Waals surface area contributed by atoms with Crippen molar-refractivity contribution in [3.05, 3.63) is 36.4 Å². The Kier molecular flexibility index (Phi) is 2.36. The van der Waals surface area contributed by atoms with Gasteiger partial charge < -0.3 is 5.32 Å². The van der Waals surface area contributed by atoms with Crippen LogP contribution in [-0.2, 0) is 0 Å². The molecule has 3 unspecified atom stereocenters. The number of nitrogens with zero attached hydrogens (tertiary/aromatic N) is 3. The molecule has 0 saturated heterocycles. The normalized spacial score (nSPS) is 27.9. The highest BCUT2D eigenvalue weighted by Gasteiger charge is 2.40. The van der Waals surface area contributed by atoms with Crippen LogP contribution in [0.15, 0.2) is 36.4 Å². The summed E-state index contributed by atoms with van der Waals surface area (Å²) in [7, 11) is 0. The van der Waals surface area contributed by atoms with Crippen LogP contribution in [0.3, 0.4) is 0 Å². The first kappa shape index (κ1) is 10.7. The van der Waals surface area contributed by atoms with Gasteiger partial charge in [0.25, 0.3) is 0 Å². The second-order valence-corrected chi connectivity index (χ2v) is 5.30. The third-order valence-electron chi connectivity index (χ3n) is 4.18. The lowest BCUT2D eigenvalue weighted by Crippen LogP contribution is -2.43. The fourth-order valence-corrected chi connectivity index (χ4v) is 3.13. The summed E-state index contributed by atoms with van der Waals surface area (Å²) in [5.41, 5.74) is 2.11. The van der Waals surface area contributed by atoms with Crippen LogP contribution in [0.5, 0.6) is 0 Å². The molecule has 4 rings (SSSR count). The number of allylic oxidation sites excluding steroid dienone is 1. The van der Waals surface area contributed by atoms with Gasteiger partial charge in [-0.3, -0.25) is 0 Å². The molecule has 2 N–H and O–H groups in total. The van der Waals surface area contributed by atoms with E-state index < -0.39 is 0 Å². The highest BCUT2D eigenvalue weighted by atomic mass is 15.5. The van der Waals surface area contributed by atoms with Gasteiger partial charge in [0.05, 0.1) is 0 Å². The van der Waals surface area contributed by atoms with Gasteiger partial charge in [0.2, 0.25) is 5.82 Å². The van der Waals surface area contributed by atoms with Gasteiger partial charge >= 0.3 is 0 Å². The third-order valence-corrected chi connectivity index (χ3v) is 4.18. The predicted molar refractivity (Wildman–Crippen MR) is 72.4 cm³/mol. The Labute approximate surface area is 111 Å². The van der Waals surface area contributed by atoms with E-state index in [0.717, 1.165) is 17.2 Å². The van der Waals surface area contributed by atoms with E-state index in [4.69, 9.17) is 0 Å². The van der Waals surface area contributed by atoms with Crippen molar-refractivity contribution in [2.24, 2.45) is 11.8 Å². The van der Waals surface area contributed by atoms with Crippen molar-refractivity contribution in [3.63, 3.8) is 0 Å². The minimum Gasteiger partial charge on any atom is -0.382 e. The van der Waals surface area contributed by atoms with Crippen LogP contribution >= 0.6 is 0 Å². The predicted octanol–water partition coefficient (Wildman–Crippen LogP) is 2.24. The second kappa shape index (κ2) is 4.19. The largest absolute Gasteiger partial charge is 0.382 e. The molecule has 96 valence electrons. The second-order valence-electron chi connectivity index (χ2n) is 5.30. The lowest BCUT2D eigenvalue weighted by Gasteiger charge is -2.41. The monoisotopic (exact) mass is 253 g/mol. The number of H-pyrrole nitrogens is 1. The molecule has 0 spiro atoms. The average Bonchev–Trinajstić information content (AvgIpc) is 3.06. The van der Waals surface area contributed by atoms with Crippen LogP contribution in [0.2, 0.25) is 0 Å². The summed E-state index contributed by atoms with van der Waals surface area (Å²) < 4.78 is 0. The molecule has 1 aromatic carbocycles. The van der Waals surface area contributed by atoms with Gasteiger partial charge in [-0.1, -0.05) is 24.3 Å². The van der Waals surface area contributed by atoms with Gasteiger partial charge in [-0.05, 0) is 36.1 Å². The lowest BCUT2D eigenvalue weighted by atomic mass is 9.71. The highest BCUT2D eigenvalue weighted by Crippen LogP contribution is 2.44. The number of fused-ring (bicyclic) bond motifs is 1. The van der Waals surface area contributed by atoms with Gasteiger partial charge in [-0.2, -0.15) is 5.21 Å². The van der Waals surface area contributed by atoms with Gasteiger partial charge in [-0.15, -0.1) is 10.2 Å². The fraction of sp³-hybridized carbons (Fsp3) is 0.357. The summed E-state index contributed by atoms with van der Waals surface area (Å²) in [6, 6.07) is 8.76. The molecule has 3 atom stereocenters. The third kappa shape index (κ3) is 1.82. The molecule has 0 aliphatic heterocycles. The number of anilines is 1. The minimum absolute atomic E-state index is 0.573. The van der Waals surface area contributed by atoms with Gasteiger partial charge in [0.15, 0.2) is 0 Å². The zero-order valence-corrected chi connectivity index (χ0v) is 10.5. The molecule has 1 aromatic heterocycles. The molecule has 1 heterocycles. The van der Waals surface area contributed by atoms with Crippen LogP contribution in [-0.4, -0.2) is 26.7 Å². The Bertz CT molecular complexity index is 604. The van der Waals surface area contributed by atoms with Crippen molar-refractivity contribution in [3.8, 4) is 11.4 Å². The Morgan fingerprint density at radius 1 is 1.32 bits per heavy atom. The fourth-order valence-electron chi connectivity index (χ4n) is 3.13. The number of hydrogen-bond donors (Lipinski definition) is 2. The van der Waals surface area contributed by atoms with Crippen LogP contribution in [0.1, 0.15) is 12.8 Å². The molecule has 0 amide bonds. The first-order valence-electron chi connectivity index (χ1n) is 6.67. The standard InChI is InChI=1S/C14H15N5/c1-4-10(14-16-18-19-17-14)7-11(5-1)15-13-8-9-3-2-6-12(9)13/h1-2,4-7,9,12-13,15H,3,8H2,(H,16,17,18,19). The molecule has 2 aliphatic carbocycles. The van der Waals surface area contributed by atoms with Crippen LogP contribution in [0.4, 0.5) is 5.69 Å². The molecule has 1 fully saturated rings. The molecule has 0 radical (unpaired) electrons. The lowest BCUT2D eigenvalue weighted by molar-refractivity contribution is 0.218. The summed E-state index contributed by atoms with van der Waals surface area (Å²) in [5.74, 6) is 2.22. The maximum atomic E-state index is 4.01. The summed E-state index contributed by atoms with van der Waals surface area (Å²) in [6.45, 7) is 0. The SMILES string of the molecule is C1=CC2C(C1)CC2Nc1cccc(-c2nn[nH]n2)c1. The zero-order chi connectivity index (χ0) is 12.7. The molecule has 5 nitrogen and oxygen atoms in total.